The number of aromatic amines is 1. The molecule has 6 heteroatoms. The quantitative estimate of drug-likeness (QED) is 0.654. The van der Waals surface area contributed by atoms with Crippen LogP contribution >= 0.6 is 0 Å². The van der Waals surface area contributed by atoms with Gasteiger partial charge >= 0.3 is 0 Å². The van der Waals surface area contributed by atoms with E-state index >= 15 is 0 Å². The van der Waals surface area contributed by atoms with Gasteiger partial charge in [0.05, 0.1) is 7.11 Å². The molecule has 1 aromatic carbocycles. The van der Waals surface area contributed by atoms with Gasteiger partial charge in [0, 0.05) is 42.5 Å². The van der Waals surface area contributed by atoms with Crippen molar-refractivity contribution in [3.63, 3.8) is 0 Å². The van der Waals surface area contributed by atoms with Crippen LogP contribution in [-0.2, 0) is 13.0 Å². The molecule has 0 saturated heterocycles. The molecule has 0 saturated carbocycles. The molecule has 2 aromatic heterocycles. The fourth-order valence-corrected chi connectivity index (χ4v) is 2.39. The van der Waals surface area contributed by atoms with Gasteiger partial charge in [-0.1, -0.05) is 6.07 Å². The van der Waals surface area contributed by atoms with Crippen molar-refractivity contribution in [1.82, 2.24) is 25.5 Å². The van der Waals surface area contributed by atoms with Crippen molar-refractivity contribution in [1.29, 1.82) is 0 Å². The van der Waals surface area contributed by atoms with Crippen molar-refractivity contribution >= 4 is 0 Å². The summed E-state index contributed by atoms with van der Waals surface area (Å²) < 4.78 is 5.43. The minimum atomic E-state index is 0.720. The Hall–Kier alpha value is -2.73. The number of H-pyrrole nitrogens is 1. The van der Waals surface area contributed by atoms with Gasteiger partial charge in [-0.15, -0.1) is 0 Å². The maximum Gasteiger partial charge on any atom is 0.155 e. The number of rotatable bonds is 7. The highest BCUT2D eigenvalue weighted by molar-refractivity contribution is 5.58. The van der Waals surface area contributed by atoms with Gasteiger partial charge < -0.3 is 10.1 Å². The first-order valence-corrected chi connectivity index (χ1v) is 7.50. The molecule has 0 atom stereocenters. The lowest BCUT2D eigenvalue weighted by molar-refractivity contribution is 0.408. The molecule has 2 heterocycles. The molecule has 3 rings (SSSR count). The first-order valence-electron chi connectivity index (χ1n) is 7.50. The van der Waals surface area contributed by atoms with E-state index in [9.17, 15) is 0 Å². The van der Waals surface area contributed by atoms with Gasteiger partial charge in [-0.25, -0.2) is 4.98 Å². The normalized spacial score (nSPS) is 10.7. The zero-order valence-corrected chi connectivity index (χ0v) is 13.0. The molecule has 3 aromatic rings. The molecular formula is C17H19N5O. The molecule has 6 nitrogen and oxygen atoms in total. The average molecular weight is 309 g/mol. The SMILES string of the molecule is COc1ccc(-c2ncn[nH]2)cc1CNCCc1ccccn1. The zero-order chi connectivity index (χ0) is 15.9. The minimum absolute atomic E-state index is 0.720. The highest BCUT2D eigenvalue weighted by atomic mass is 16.5. The summed E-state index contributed by atoms with van der Waals surface area (Å²) in [4.78, 5) is 8.50. The van der Waals surface area contributed by atoms with Gasteiger partial charge in [0.1, 0.15) is 12.1 Å². The largest absolute Gasteiger partial charge is 0.496 e. The van der Waals surface area contributed by atoms with Crippen LogP contribution in [0.25, 0.3) is 11.4 Å². The lowest BCUT2D eigenvalue weighted by Crippen LogP contribution is -2.17. The standard InChI is InChI=1S/C17H19N5O/c1-23-16-6-5-13(17-20-12-21-22-17)10-14(16)11-18-9-7-15-4-2-3-8-19-15/h2-6,8,10,12,18H,7,9,11H2,1H3,(H,20,21,22). The molecular weight excluding hydrogens is 290 g/mol. The van der Waals surface area contributed by atoms with E-state index in [2.05, 4.69) is 31.5 Å². The van der Waals surface area contributed by atoms with Crippen LogP contribution in [0, 0.1) is 0 Å². The van der Waals surface area contributed by atoms with Gasteiger partial charge in [-0.3, -0.25) is 10.1 Å². The lowest BCUT2D eigenvalue weighted by atomic mass is 10.1. The number of nitrogens with one attached hydrogen (secondary N) is 2. The summed E-state index contributed by atoms with van der Waals surface area (Å²) in [6, 6.07) is 12.0. The van der Waals surface area contributed by atoms with Crippen molar-refractivity contribution in [2.75, 3.05) is 13.7 Å². The second-order valence-electron chi connectivity index (χ2n) is 5.11. The molecule has 0 radical (unpaired) electrons. The van der Waals surface area contributed by atoms with E-state index in [0.29, 0.717) is 0 Å². The molecule has 2 N–H and O–H groups in total. The van der Waals surface area contributed by atoms with Crippen LogP contribution in [0.5, 0.6) is 5.75 Å². The summed E-state index contributed by atoms with van der Waals surface area (Å²) >= 11 is 0. The number of aromatic nitrogens is 4. The van der Waals surface area contributed by atoms with Crippen LogP contribution in [0.3, 0.4) is 0 Å². The summed E-state index contributed by atoms with van der Waals surface area (Å²) in [6.07, 6.45) is 4.22. The van der Waals surface area contributed by atoms with Crippen LogP contribution in [0.15, 0.2) is 48.9 Å². The third kappa shape index (κ3) is 3.92. The van der Waals surface area contributed by atoms with Gasteiger partial charge in [-0.2, -0.15) is 5.10 Å². The monoisotopic (exact) mass is 309 g/mol. The van der Waals surface area contributed by atoms with Crippen molar-refractivity contribution < 1.29 is 4.74 Å². The third-order valence-electron chi connectivity index (χ3n) is 3.57. The Labute approximate surface area is 135 Å². The van der Waals surface area contributed by atoms with Gasteiger partial charge in [-0.05, 0) is 30.3 Å². The highest BCUT2D eigenvalue weighted by Crippen LogP contribution is 2.24. The van der Waals surface area contributed by atoms with Crippen molar-refractivity contribution in [2.24, 2.45) is 0 Å². The number of nitrogens with zero attached hydrogens (tertiary/aromatic N) is 3. The van der Waals surface area contributed by atoms with Gasteiger partial charge in [0.15, 0.2) is 5.82 Å². The number of benzene rings is 1. The molecule has 0 aliphatic rings. The molecule has 0 aliphatic carbocycles. The maximum absolute atomic E-state index is 5.43. The van der Waals surface area contributed by atoms with E-state index in [1.165, 1.54) is 6.33 Å². The number of hydrogen-bond donors (Lipinski definition) is 2. The smallest absolute Gasteiger partial charge is 0.155 e. The number of pyridine rings is 1. The molecule has 0 bridgehead atoms. The van der Waals surface area contributed by atoms with E-state index in [1.807, 2.05) is 36.5 Å². The summed E-state index contributed by atoms with van der Waals surface area (Å²) in [5.41, 5.74) is 3.16. The Morgan fingerprint density at radius 3 is 2.87 bits per heavy atom. The topological polar surface area (TPSA) is 75.7 Å². The Kier molecular flexibility index (Phi) is 4.95. The van der Waals surface area contributed by atoms with Gasteiger partial charge in [0.2, 0.25) is 0 Å². The molecule has 0 fully saturated rings. The first kappa shape index (κ1) is 15.2. The van der Waals surface area contributed by atoms with E-state index in [0.717, 1.165) is 47.9 Å². The molecule has 118 valence electrons. The Bertz CT molecular complexity index is 728. The second kappa shape index (κ2) is 7.51. The van der Waals surface area contributed by atoms with Crippen LogP contribution in [-0.4, -0.2) is 33.8 Å². The van der Waals surface area contributed by atoms with Crippen LogP contribution in [0.1, 0.15) is 11.3 Å². The summed E-state index contributed by atoms with van der Waals surface area (Å²) in [5.74, 6) is 1.61. The fourth-order valence-electron chi connectivity index (χ4n) is 2.39. The zero-order valence-electron chi connectivity index (χ0n) is 13.0. The Morgan fingerprint density at radius 2 is 2.13 bits per heavy atom. The summed E-state index contributed by atoms with van der Waals surface area (Å²) in [7, 11) is 1.68. The van der Waals surface area contributed by atoms with Gasteiger partial charge in [0.25, 0.3) is 0 Å². The Balaban J connectivity index is 1.63. The molecule has 0 aliphatic heterocycles. The van der Waals surface area contributed by atoms with Crippen LogP contribution in [0.4, 0.5) is 0 Å². The molecule has 23 heavy (non-hydrogen) atoms. The van der Waals surface area contributed by atoms with Crippen molar-refractivity contribution in [3.05, 3.63) is 60.2 Å². The predicted octanol–water partition coefficient (Wildman–Crippen LogP) is 2.21. The van der Waals surface area contributed by atoms with Crippen molar-refractivity contribution in [3.8, 4) is 17.1 Å². The number of hydrogen-bond acceptors (Lipinski definition) is 5. The predicted molar refractivity (Wildman–Crippen MR) is 88.0 cm³/mol. The van der Waals surface area contributed by atoms with Crippen LogP contribution in [0.2, 0.25) is 0 Å². The van der Waals surface area contributed by atoms with E-state index in [4.69, 9.17) is 4.74 Å². The first-order chi connectivity index (χ1) is 11.4. The highest BCUT2D eigenvalue weighted by Gasteiger charge is 2.07. The molecule has 0 amide bonds. The fraction of sp³-hybridized carbons (Fsp3) is 0.235. The molecule has 0 unspecified atom stereocenters. The van der Waals surface area contributed by atoms with E-state index in [-0.39, 0.29) is 0 Å². The average Bonchev–Trinajstić information content (AvgIpc) is 3.14. The minimum Gasteiger partial charge on any atom is -0.496 e. The maximum atomic E-state index is 5.43. The summed E-state index contributed by atoms with van der Waals surface area (Å²) in [5, 5.41) is 10.2. The van der Waals surface area contributed by atoms with Crippen molar-refractivity contribution in [2.45, 2.75) is 13.0 Å². The number of ether oxygens (including phenoxy) is 1. The van der Waals surface area contributed by atoms with Crippen LogP contribution < -0.4 is 10.1 Å². The summed E-state index contributed by atoms with van der Waals surface area (Å²) in [6.45, 7) is 1.57. The van der Waals surface area contributed by atoms with E-state index in [1.54, 1.807) is 7.11 Å². The molecule has 0 spiro atoms. The number of methoxy groups -OCH3 is 1. The lowest BCUT2D eigenvalue weighted by Gasteiger charge is -2.11. The second-order valence-corrected chi connectivity index (χ2v) is 5.11. The van der Waals surface area contributed by atoms with E-state index < -0.39 is 0 Å². The third-order valence-corrected chi connectivity index (χ3v) is 3.57. The Morgan fingerprint density at radius 1 is 1.17 bits per heavy atom.